The van der Waals surface area contributed by atoms with Crippen molar-refractivity contribution in [2.45, 2.75) is 59.3 Å². The Balaban J connectivity index is 2.17. The fourth-order valence-electron chi connectivity index (χ4n) is 3.41. The molecule has 0 fully saturated rings. The summed E-state index contributed by atoms with van der Waals surface area (Å²) in [7, 11) is 0. The average Bonchev–Trinajstić information content (AvgIpc) is 2.97. The van der Waals surface area contributed by atoms with Crippen LogP contribution < -0.4 is 0 Å². The third-order valence-corrected chi connectivity index (χ3v) is 5.04. The van der Waals surface area contributed by atoms with E-state index >= 15 is 0 Å². The molecule has 0 heterocycles. The molecule has 0 aromatic heterocycles. The van der Waals surface area contributed by atoms with Crippen LogP contribution in [0.4, 0.5) is 0 Å². The molecule has 2 aromatic carbocycles. The normalized spacial score (nSPS) is 13.6. The topological polar surface area (TPSA) is 0 Å². The molecule has 1 aliphatic carbocycles. The minimum Gasteiger partial charge on any atom is -0.0655 e. The van der Waals surface area contributed by atoms with E-state index in [4.69, 9.17) is 0 Å². The minimum absolute atomic E-state index is 0.561. The fourth-order valence-corrected chi connectivity index (χ4v) is 3.41. The largest absolute Gasteiger partial charge is 0.0655 e. The summed E-state index contributed by atoms with van der Waals surface area (Å²) in [6.07, 6.45) is 4.69. The van der Waals surface area contributed by atoms with Gasteiger partial charge in [-0.05, 0) is 58.1 Å². The van der Waals surface area contributed by atoms with E-state index < -0.39 is 0 Å². The highest BCUT2D eigenvalue weighted by atomic mass is 14.2. The van der Waals surface area contributed by atoms with E-state index in [1.54, 1.807) is 5.57 Å². The smallest absolute Gasteiger partial charge is 0.00577 e. The standard InChI is InChI=1S/C23H28/c1-6-17-10-18-8-7-9-22(23(18)11-17)21-13-19(15(2)3)12-20(14-21)16(4)5/h7-9,11-16H,6,10H2,1-5H3. The van der Waals surface area contributed by atoms with Crippen LogP contribution in [0.5, 0.6) is 0 Å². The number of fused-ring (bicyclic) bond motifs is 1. The van der Waals surface area contributed by atoms with Crippen molar-refractivity contribution in [2.75, 3.05) is 0 Å². The zero-order valence-electron chi connectivity index (χ0n) is 15.1. The summed E-state index contributed by atoms with van der Waals surface area (Å²) < 4.78 is 0. The molecule has 0 unspecified atom stereocenters. The summed E-state index contributed by atoms with van der Waals surface area (Å²) >= 11 is 0. The Morgan fingerprint density at radius 3 is 2.13 bits per heavy atom. The molecular formula is C23H28. The third kappa shape index (κ3) is 3.13. The maximum absolute atomic E-state index is 2.42. The number of hydrogen-bond donors (Lipinski definition) is 0. The molecule has 120 valence electrons. The van der Waals surface area contributed by atoms with Gasteiger partial charge in [0.15, 0.2) is 0 Å². The van der Waals surface area contributed by atoms with Crippen molar-refractivity contribution >= 4 is 6.08 Å². The van der Waals surface area contributed by atoms with Gasteiger partial charge in [0.2, 0.25) is 0 Å². The summed E-state index contributed by atoms with van der Waals surface area (Å²) in [5.74, 6) is 1.12. The Morgan fingerprint density at radius 2 is 1.57 bits per heavy atom. The highest BCUT2D eigenvalue weighted by Gasteiger charge is 2.17. The Morgan fingerprint density at radius 1 is 0.913 bits per heavy atom. The molecule has 0 atom stereocenters. The fraction of sp³-hybridized carbons (Fsp3) is 0.391. The lowest BCUT2D eigenvalue weighted by Gasteiger charge is -2.16. The maximum atomic E-state index is 2.42. The first-order chi connectivity index (χ1) is 11.0. The lowest BCUT2D eigenvalue weighted by atomic mass is 9.89. The average molecular weight is 304 g/mol. The molecule has 0 radical (unpaired) electrons. The van der Waals surface area contributed by atoms with Gasteiger partial charge >= 0.3 is 0 Å². The predicted octanol–water partition coefficient (Wildman–Crippen LogP) is 6.95. The third-order valence-electron chi connectivity index (χ3n) is 5.04. The summed E-state index contributed by atoms with van der Waals surface area (Å²) in [5.41, 5.74) is 10.2. The lowest BCUT2D eigenvalue weighted by Crippen LogP contribution is -1.96. The van der Waals surface area contributed by atoms with Crippen molar-refractivity contribution in [1.82, 2.24) is 0 Å². The van der Waals surface area contributed by atoms with Gasteiger partial charge in [0.1, 0.15) is 0 Å². The summed E-state index contributed by atoms with van der Waals surface area (Å²) in [4.78, 5) is 0. The van der Waals surface area contributed by atoms with E-state index in [9.17, 15) is 0 Å². The van der Waals surface area contributed by atoms with Crippen LogP contribution >= 0.6 is 0 Å². The van der Waals surface area contributed by atoms with Gasteiger partial charge in [0.05, 0.1) is 0 Å². The molecule has 0 bridgehead atoms. The molecule has 2 aromatic rings. The van der Waals surface area contributed by atoms with Gasteiger partial charge in [-0.15, -0.1) is 0 Å². The van der Waals surface area contributed by atoms with Crippen LogP contribution in [-0.4, -0.2) is 0 Å². The molecule has 0 nitrogen and oxygen atoms in total. The monoisotopic (exact) mass is 304 g/mol. The van der Waals surface area contributed by atoms with Crippen molar-refractivity contribution in [1.29, 1.82) is 0 Å². The van der Waals surface area contributed by atoms with Gasteiger partial charge in [-0.1, -0.05) is 82.7 Å². The van der Waals surface area contributed by atoms with Crippen LogP contribution in [0.3, 0.4) is 0 Å². The SMILES string of the molecule is CCC1=Cc2c(cccc2-c2cc(C(C)C)cc(C(C)C)c2)C1. The summed E-state index contributed by atoms with van der Waals surface area (Å²) in [6.45, 7) is 11.4. The van der Waals surface area contributed by atoms with Crippen LogP contribution in [-0.2, 0) is 6.42 Å². The van der Waals surface area contributed by atoms with Crippen molar-refractivity contribution < 1.29 is 0 Å². The van der Waals surface area contributed by atoms with Crippen molar-refractivity contribution in [2.24, 2.45) is 0 Å². The Labute approximate surface area is 141 Å². The van der Waals surface area contributed by atoms with Gasteiger partial charge < -0.3 is 0 Å². The van der Waals surface area contributed by atoms with E-state index in [0.717, 1.165) is 12.8 Å². The molecule has 23 heavy (non-hydrogen) atoms. The van der Waals surface area contributed by atoms with Gasteiger partial charge in [-0.2, -0.15) is 0 Å². The van der Waals surface area contributed by atoms with E-state index in [1.807, 2.05) is 0 Å². The molecular weight excluding hydrogens is 276 g/mol. The van der Waals surface area contributed by atoms with E-state index in [0.29, 0.717) is 11.8 Å². The molecule has 0 aliphatic heterocycles. The first kappa shape index (κ1) is 16.1. The predicted molar refractivity (Wildman–Crippen MR) is 102 cm³/mol. The zero-order chi connectivity index (χ0) is 16.6. The molecule has 0 amide bonds. The zero-order valence-corrected chi connectivity index (χ0v) is 15.1. The maximum Gasteiger partial charge on any atom is -0.00577 e. The van der Waals surface area contributed by atoms with Crippen LogP contribution in [0.25, 0.3) is 17.2 Å². The molecule has 0 spiro atoms. The molecule has 1 aliphatic rings. The van der Waals surface area contributed by atoms with Crippen LogP contribution in [0, 0.1) is 0 Å². The van der Waals surface area contributed by atoms with Gasteiger partial charge in [-0.3, -0.25) is 0 Å². The van der Waals surface area contributed by atoms with Crippen LogP contribution in [0.2, 0.25) is 0 Å². The first-order valence-corrected chi connectivity index (χ1v) is 8.96. The van der Waals surface area contributed by atoms with Gasteiger partial charge in [0, 0.05) is 0 Å². The van der Waals surface area contributed by atoms with E-state index in [1.165, 1.54) is 33.4 Å². The van der Waals surface area contributed by atoms with Gasteiger partial charge in [-0.25, -0.2) is 0 Å². The number of hydrogen-bond acceptors (Lipinski definition) is 0. The van der Waals surface area contributed by atoms with Crippen molar-refractivity contribution in [3.8, 4) is 11.1 Å². The van der Waals surface area contributed by atoms with E-state index in [2.05, 4.69) is 77.1 Å². The van der Waals surface area contributed by atoms with Gasteiger partial charge in [0.25, 0.3) is 0 Å². The number of rotatable bonds is 4. The molecule has 0 saturated heterocycles. The first-order valence-electron chi connectivity index (χ1n) is 8.96. The molecule has 0 saturated carbocycles. The lowest BCUT2D eigenvalue weighted by molar-refractivity contribution is 0.834. The van der Waals surface area contributed by atoms with Crippen LogP contribution in [0.1, 0.15) is 75.1 Å². The number of allylic oxidation sites excluding steroid dienone is 1. The highest BCUT2D eigenvalue weighted by molar-refractivity contribution is 5.81. The Bertz CT molecular complexity index is 718. The molecule has 0 N–H and O–H groups in total. The quantitative estimate of drug-likeness (QED) is 0.573. The second-order valence-electron chi connectivity index (χ2n) is 7.41. The molecule has 0 heteroatoms. The highest BCUT2D eigenvalue weighted by Crippen LogP contribution is 2.37. The van der Waals surface area contributed by atoms with Crippen molar-refractivity contribution in [3.05, 3.63) is 64.2 Å². The Kier molecular flexibility index (Phi) is 4.43. The summed E-state index contributed by atoms with van der Waals surface area (Å²) in [6, 6.07) is 14.0. The van der Waals surface area contributed by atoms with E-state index in [-0.39, 0.29) is 0 Å². The second-order valence-corrected chi connectivity index (χ2v) is 7.41. The Hall–Kier alpha value is -1.82. The second kappa shape index (κ2) is 6.35. The summed E-state index contributed by atoms with van der Waals surface area (Å²) in [5, 5.41) is 0. The van der Waals surface area contributed by atoms with Crippen molar-refractivity contribution in [3.63, 3.8) is 0 Å². The molecule has 3 rings (SSSR count). The van der Waals surface area contributed by atoms with Crippen LogP contribution in [0.15, 0.2) is 42.0 Å². The number of benzene rings is 2. The minimum atomic E-state index is 0.561.